The van der Waals surface area contributed by atoms with Crippen LogP contribution < -0.4 is 21.6 Å². The highest BCUT2D eigenvalue weighted by molar-refractivity contribution is 7.92. The Morgan fingerprint density at radius 3 is 2.47 bits per heavy atom. The third-order valence-electron chi connectivity index (χ3n) is 6.25. The third kappa shape index (κ3) is 6.32. The van der Waals surface area contributed by atoms with E-state index in [2.05, 4.69) is 10.3 Å². The van der Waals surface area contributed by atoms with E-state index in [9.17, 15) is 22.8 Å². The summed E-state index contributed by atoms with van der Waals surface area (Å²) >= 11 is 0. The number of benzene rings is 1. The van der Waals surface area contributed by atoms with Crippen molar-refractivity contribution < 1.29 is 22.4 Å². The molecule has 1 unspecified atom stereocenters. The molecule has 1 fully saturated rings. The second kappa shape index (κ2) is 11.2. The van der Waals surface area contributed by atoms with E-state index in [4.69, 9.17) is 10.2 Å². The molecule has 3 N–H and O–H groups in total. The van der Waals surface area contributed by atoms with Crippen molar-refractivity contribution >= 4 is 44.4 Å². The number of aryl methyl sites for hydroxylation is 1. The predicted molar refractivity (Wildman–Crippen MR) is 138 cm³/mol. The third-order valence-corrected chi connectivity index (χ3v) is 7.72. The summed E-state index contributed by atoms with van der Waals surface area (Å²) < 4.78 is 29.8. The molecule has 12 nitrogen and oxygen atoms in total. The molecule has 1 aromatic carbocycles. The van der Waals surface area contributed by atoms with Crippen molar-refractivity contribution in [2.75, 3.05) is 63.3 Å². The Kier molecular flexibility index (Phi) is 8.56. The monoisotopic (exact) mass is 522 g/mol. The number of rotatable bonds is 10. The topological polar surface area (TPSA) is 159 Å². The van der Waals surface area contributed by atoms with Crippen LogP contribution in [0.25, 0.3) is 10.9 Å². The number of hydrogen-bond acceptors (Lipinski definition) is 9. The summed E-state index contributed by atoms with van der Waals surface area (Å²) in [5.41, 5.74) is 6.25. The molecule has 1 saturated heterocycles. The number of sulfone groups is 1. The van der Waals surface area contributed by atoms with E-state index in [1.807, 2.05) is 19.0 Å². The molecule has 1 aliphatic rings. The van der Waals surface area contributed by atoms with Crippen LogP contribution in [0.3, 0.4) is 0 Å². The van der Waals surface area contributed by atoms with Gasteiger partial charge in [0.2, 0.25) is 5.91 Å². The van der Waals surface area contributed by atoms with Gasteiger partial charge in [0.15, 0.2) is 9.84 Å². The van der Waals surface area contributed by atoms with Gasteiger partial charge in [0.1, 0.15) is 5.25 Å². The molecule has 3 amide bonds. The summed E-state index contributed by atoms with van der Waals surface area (Å²) in [4.78, 5) is 46.8. The Balaban J connectivity index is 1.80. The van der Waals surface area contributed by atoms with Gasteiger partial charge in [-0.2, -0.15) is 4.98 Å². The number of fused-ring (bicyclic) bond motifs is 1. The molecule has 1 aromatic heterocycles. The maximum atomic E-state index is 12.8. The van der Waals surface area contributed by atoms with Crippen LogP contribution in [0.2, 0.25) is 0 Å². The number of carbonyl (C=O) groups is 2. The molecule has 0 aliphatic carbocycles. The molecule has 0 bridgehead atoms. The van der Waals surface area contributed by atoms with Gasteiger partial charge in [0.05, 0.1) is 10.9 Å². The zero-order chi connectivity index (χ0) is 26.6. The van der Waals surface area contributed by atoms with Gasteiger partial charge in [-0.15, -0.1) is 0 Å². The van der Waals surface area contributed by atoms with Crippen molar-refractivity contribution in [3.8, 4) is 0 Å². The highest BCUT2D eigenvalue weighted by Crippen LogP contribution is 2.26. The Labute approximate surface area is 210 Å². The number of likely N-dealkylation sites (tertiary alicyclic amines) is 1. The van der Waals surface area contributed by atoms with Crippen molar-refractivity contribution in [3.63, 3.8) is 0 Å². The number of nitrogens with one attached hydrogen (secondary N) is 1. The molecule has 1 aliphatic heterocycles. The number of nitrogens with zero attached hydrogens (tertiary/aromatic N) is 4. The lowest BCUT2D eigenvalue weighted by molar-refractivity contribution is -0.129. The Hall–Kier alpha value is -3.19. The van der Waals surface area contributed by atoms with Gasteiger partial charge in [-0.05, 0) is 58.0 Å². The molecule has 1 atom stereocenters. The number of amides is 3. The molecule has 13 heteroatoms. The fourth-order valence-corrected chi connectivity index (χ4v) is 5.36. The molecule has 0 saturated carbocycles. The van der Waals surface area contributed by atoms with E-state index in [-0.39, 0.29) is 24.4 Å². The Morgan fingerprint density at radius 1 is 1.22 bits per heavy atom. The summed E-state index contributed by atoms with van der Waals surface area (Å²) in [6, 6.07) is 2.54. The molecule has 0 radical (unpaired) electrons. The zero-order valence-corrected chi connectivity index (χ0v) is 21.9. The van der Waals surface area contributed by atoms with E-state index >= 15 is 0 Å². The minimum absolute atomic E-state index is 0.00893. The number of nitrogens with two attached hydrogens (primary N) is 1. The lowest BCUT2D eigenvalue weighted by Gasteiger charge is -2.24. The van der Waals surface area contributed by atoms with Crippen molar-refractivity contribution in [1.82, 2.24) is 14.8 Å². The van der Waals surface area contributed by atoms with Crippen LogP contribution in [0.5, 0.6) is 0 Å². The molecule has 2 aromatic rings. The summed E-state index contributed by atoms with van der Waals surface area (Å²) in [7, 11) is 0.126. The minimum Gasteiger partial charge on any atom is -0.389 e. The lowest BCUT2D eigenvalue weighted by atomic mass is 10.1. The van der Waals surface area contributed by atoms with Crippen LogP contribution in [0.4, 0.5) is 16.5 Å². The van der Waals surface area contributed by atoms with Crippen molar-refractivity contribution in [1.29, 1.82) is 0 Å². The van der Waals surface area contributed by atoms with Gasteiger partial charge >= 0.3 is 11.7 Å². The average Bonchev–Trinajstić information content (AvgIpc) is 3.31. The summed E-state index contributed by atoms with van der Waals surface area (Å²) in [5.74, 6) is -0.402. The van der Waals surface area contributed by atoms with E-state index in [0.29, 0.717) is 42.9 Å². The van der Waals surface area contributed by atoms with Gasteiger partial charge < -0.3 is 25.3 Å². The molecule has 3 rings (SSSR count). The summed E-state index contributed by atoms with van der Waals surface area (Å²) in [6.45, 7) is 3.78. The van der Waals surface area contributed by atoms with Gasteiger partial charge in [0.25, 0.3) is 6.01 Å². The molecule has 198 valence electrons. The van der Waals surface area contributed by atoms with Crippen molar-refractivity contribution in [3.05, 3.63) is 28.1 Å². The first kappa shape index (κ1) is 27.4. The predicted octanol–water partition coefficient (Wildman–Crippen LogP) is 0.781. The number of aromatic nitrogens is 1. The van der Waals surface area contributed by atoms with E-state index in [1.165, 1.54) is 4.90 Å². The number of likely N-dealkylation sites (N-methyl/N-ethyl adjacent to an activating group) is 1. The van der Waals surface area contributed by atoms with Crippen LogP contribution in [-0.4, -0.2) is 93.5 Å². The van der Waals surface area contributed by atoms with Gasteiger partial charge in [0, 0.05) is 44.7 Å². The quantitative estimate of drug-likeness (QED) is 0.460. The minimum atomic E-state index is -3.62. The molecule has 0 spiro atoms. The largest absolute Gasteiger partial charge is 0.389 e. The number of anilines is 2. The highest BCUT2D eigenvalue weighted by atomic mass is 32.2. The zero-order valence-electron chi connectivity index (χ0n) is 21.1. The van der Waals surface area contributed by atoms with Crippen molar-refractivity contribution in [2.24, 2.45) is 5.73 Å². The highest BCUT2D eigenvalue weighted by Gasteiger charge is 2.33. The smallest absolute Gasteiger partial charge is 0.348 e. The maximum absolute atomic E-state index is 12.8. The van der Waals surface area contributed by atoms with Gasteiger partial charge in [-0.25, -0.2) is 18.0 Å². The van der Waals surface area contributed by atoms with Gasteiger partial charge in [-0.3, -0.25) is 9.69 Å². The number of carbonyl (C=O) groups excluding carboxylic acids is 2. The van der Waals surface area contributed by atoms with Crippen LogP contribution >= 0.6 is 0 Å². The lowest BCUT2D eigenvalue weighted by Crippen LogP contribution is -2.42. The van der Waals surface area contributed by atoms with Crippen LogP contribution in [0.15, 0.2) is 21.3 Å². The fraction of sp³-hybridized carbons (Fsp3) is 0.565. The number of primary amides is 1. The first-order valence-electron chi connectivity index (χ1n) is 11.8. The summed E-state index contributed by atoms with van der Waals surface area (Å²) in [6.07, 6.45) is 2.78. The molecular weight excluding hydrogens is 488 g/mol. The van der Waals surface area contributed by atoms with E-state index in [0.717, 1.165) is 19.1 Å². The van der Waals surface area contributed by atoms with Crippen LogP contribution in [0, 0.1) is 6.92 Å². The first-order valence-corrected chi connectivity index (χ1v) is 13.7. The van der Waals surface area contributed by atoms with E-state index in [1.54, 1.807) is 24.0 Å². The van der Waals surface area contributed by atoms with E-state index < -0.39 is 32.7 Å². The Bertz CT molecular complexity index is 1290. The average molecular weight is 523 g/mol. The van der Waals surface area contributed by atoms with Gasteiger partial charge in [-0.1, -0.05) is 0 Å². The molecule has 36 heavy (non-hydrogen) atoms. The molecule has 2 heterocycles. The number of urea groups is 1. The second-order valence-corrected chi connectivity index (χ2v) is 11.5. The number of hydrogen-bond donors (Lipinski definition) is 2. The standard InChI is InChI=1S/C23H34N6O6S/c1-15-17(29(22(24)32)14-13-27(2)3)8-7-16-19(15)21(31)35-23(26-16)25-10-9-18(36(4,33)34)20(30)28-11-5-6-12-28/h7-8,18H,5-6,9-14H2,1-4H3,(H2,24,32)(H,25,26). The first-order chi connectivity index (χ1) is 16.9. The SMILES string of the molecule is Cc1c(N(CCN(C)C)C(N)=O)ccc2nc(NCCC(C(=O)N3CCCC3)S(C)(=O)=O)oc(=O)c12. The normalized spacial score (nSPS) is 14.9. The van der Waals surface area contributed by atoms with Crippen LogP contribution in [0.1, 0.15) is 24.8 Å². The molecular formula is C23H34N6O6S. The second-order valence-electron chi connectivity index (χ2n) is 9.27. The fourth-order valence-electron chi connectivity index (χ4n) is 4.30. The Morgan fingerprint density at radius 2 is 1.89 bits per heavy atom. The van der Waals surface area contributed by atoms with Crippen molar-refractivity contribution in [2.45, 2.75) is 31.4 Å². The maximum Gasteiger partial charge on any atom is 0.348 e. The summed E-state index contributed by atoms with van der Waals surface area (Å²) in [5, 5.41) is 1.87. The van der Waals surface area contributed by atoms with Crippen LogP contribution in [-0.2, 0) is 14.6 Å².